The van der Waals surface area contributed by atoms with Crippen molar-refractivity contribution < 1.29 is 4.74 Å². The number of hydrogen-bond donors (Lipinski definition) is 1. The van der Waals surface area contributed by atoms with E-state index < -0.39 is 0 Å². The van der Waals surface area contributed by atoms with Gasteiger partial charge < -0.3 is 14.6 Å². The third-order valence-corrected chi connectivity index (χ3v) is 3.52. The molecule has 4 heteroatoms. The first-order chi connectivity index (χ1) is 9.76. The number of para-hydroxylation sites is 1. The number of nitrogens with zero attached hydrogens (tertiary/aromatic N) is 2. The molecule has 1 aromatic carbocycles. The Morgan fingerprint density at radius 2 is 2.15 bits per heavy atom. The van der Waals surface area contributed by atoms with Crippen molar-refractivity contribution in [2.75, 3.05) is 13.7 Å². The molecule has 0 bridgehead atoms. The molecule has 20 heavy (non-hydrogen) atoms. The van der Waals surface area contributed by atoms with Gasteiger partial charge in [0, 0.05) is 37.5 Å². The molecule has 0 aliphatic rings. The summed E-state index contributed by atoms with van der Waals surface area (Å²) in [6.45, 7) is 2.70. The monoisotopic (exact) mass is 273 g/mol. The highest BCUT2D eigenvalue weighted by atomic mass is 16.5. The second-order valence-electron chi connectivity index (χ2n) is 4.81. The van der Waals surface area contributed by atoms with Gasteiger partial charge in [-0.05, 0) is 26.5 Å². The number of aryl methyl sites for hydroxylation is 2. The molecule has 0 saturated carbocycles. The minimum absolute atomic E-state index is 0.273. The lowest BCUT2D eigenvalue weighted by molar-refractivity contribution is 0.331. The minimum atomic E-state index is 0.273. The Hall–Kier alpha value is -1.81. The summed E-state index contributed by atoms with van der Waals surface area (Å²) in [5.41, 5.74) is 1.21. The van der Waals surface area contributed by atoms with Gasteiger partial charge in [0.05, 0.1) is 6.61 Å². The topological polar surface area (TPSA) is 39.1 Å². The summed E-state index contributed by atoms with van der Waals surface area (Å²) in [5, 5.41) is 3.38. The van der Waals surface area contributed by atoms with Crippen LogP contribution in [0.15, 0.2) is 36.7 Å². The Kier molecular flexibility index (Phi) is 5.18. The molecule has 0 spiro atoms. The van der Waals surface area contributed by atoms with Crippen LogP contribution in [-0.4, -0.2) is 23.2 Å². The van der Waals surface area contributed by atoms with Gasteiger partial charge in [-0.2, -0.15) is 0 Å². The van der Waals surface area contributed by atoms with Gasteiger partial charge in [-0.15, -0.1) is 0 Å². The molecule has 2 aromatic rings. The van der Waals surface area contributed by atoms with Gasteiger partial charge in [-0.3, -0.25) is 0 Å². The van der Waals surface area contributed by atoms with Crippen LogP contribution < -0.4 is 10.1 Å². The summed E-state index contributed by atoms with van der Waals surface area (Å²) in [6, 6.07) is 8.51. The van der Waals surface area contributed by atoms with E-state index >= 15 is 0 Å². The molecule has 1 atom stereocenters. The van der Waals surface area contributed by atoms with Gasteiger partial charge in [0.25, 0.3) is 0 Å². The summed E-state index contributed by atoms with van der Waals surface area (Å²) in [7, 11) is 4.02. The molecule has 108 valence electrons. The molecule has 1 heterocycles. The van der Waals surface area contributed by atoms with Crippen LogP contribution in [0.25, 0.3) is 0 Å². The predicted molar refractivity (Wildman–Crippen MR) is 80.9 cm³/mol. The van der Waals surface area contributed by atoms with Crippen molar-refractivity contribution in [2.45, 2.75) is 25.8 Å². The Labute approximate surface area is 120 Å². The molecule has 0 aliphatic carbocycles. The van der Waals surface area contributed by atoms with Crippen molar-refractivity contribution >= 4 is 0 Å². The molecular weight excluding hydrogens is 250 g/mol. The Morgan fingerprint density at radius 3 is 2.80 bits per heavy atom. The van der Waals surface area contributed by atoms with Crippen LogP contribution in [0.4, 0.5) is 0 Å². The van der Waals surface area contributed by atoms with Crippen LogP contribution in [-0.2, 0) is 13.5 Å². The third kappa shape index (κ3) is 3.39. The molecule has 4 nitrogen and oxygen atoms in total. The number of nitrogens with one attached hydrogen (secondary N) is 1. The summed E-state index contributed by atoms with van der Waals surface area (Å²) in [6.07, 6.45) is 5.76. The zero-order valence-corrected chi connectivity index (χ0v) is 12.5. The van der Waals surface area contributed by atoms with Crippen LogP contribution in [0, 0.1) is 0 Å². The van der Waals surface area contributed by atoms with Crippen LogP contribution in [0.3, 0.4) is 0 Å². The number of aromatic nitrogens is 2. The summed E-state index contributed by atoms with van der Waals surface area (Å²) < 4.78 is 7.79. The highest BCUT2D eigenvalue weighted by Crippen LogP contribution is 2.27. The molecule has 0 radical (unpaired) electrons. The lowest BCUT2D eigenvalue weighted by Gasteiger charge is -2.19. The Morgan fingerprint density at radius 1 is 1.35 bits per heavy atom. The molecule has 0 fully saturated rings. The van der Waals surface area contributed by atoms with E-state index in [1.165, 1.54) is 5.56 Å². The van der Waals surface area contributed by atoms with E-state index in [4.69, 9.17) is 4.74 Å². The third-order valence-electron chi connectivity index (χ3n) is 3.52. The van der Waals surface area contributed by atoms with Crippen molar-refractivity contribution in [3.05, 3.63) is 48.0 Å². The average Bonchev–Trinajstić information content (AvgIpc) is 2.87. The molecule has 1 aromatic heterocycles. The molecule has 1 N–H and O–H groups in total. The van der Waals surface area contributed by atoms with Crippen molar-refractivity contribution in [2.24, 2.45) is 7.05 Å². The highest BCUT2D eigenvalue weighted by molar-refractivity contribution is 5.36. The van der Waals surface area contributed by atoms with Gasteiger partial charge in [-0.1, -0.05) is 18.2 Å². The van der Waals surface area contributed by atoms with Gasteiger partial charge in [0.15, 0.2) is 0 Å². The van der Waals surface area contributed by atoms with E-state index in [1.807, 2.05) is 45.5 Å². The standard InChI is InChI=1S/C16H23N3O/c1-4-20-15-8-6-5-7-13(15)14(17-2)9-10-16-18-11-12-19(16)3/h5-8,11-12,14,17H,4,9-10H2,1-3H3. The van der Waals surface area contributed by atoms with E-state index in [9.17, 15) is 0 Å². The number of ether oxygens (including phenoxy) is 1. The predicted octanol–water partition coefficient (Wildman–Crippen LogP) is 2.71. The maximum atomic E-state index is 5.72. The molecule has 0 saturated heterocycles. The number of imidazole rings is 1. The van der Waals surface area contributed by atoms with Crippen molar-refractivity contribution in [3.8, 4) is 5.75 Å². The fraction of sp³-hybridized carbons (Fsp3) is 0.438. The lowest BCUT2D eigenvalue weighted by atomic mass is 10.0. The van der Waals surface area contributed by atoms with E-state index in [0.717, 1.165) is 24.4 Å². The first kappa shape index (κ1) is 14.6. The van der Waals surface area contributed by atoms with E-state index in [1.54, 1.807) is 0 Å². The van der Waals surface area contributed by atoms with Crippen molar-refractivity contribution in [3.63, 3.8) is 0 Å². The van der Waals surface area contributed by atoms with Crippen molar-refractivity contribution in [1.29, 1.82) is 0 Å². The minimum Gasteiger partial charge on any atom is -0.494 e. The second kappa shape index (κ2) is 7.10. The first-order valence-electron chi connectivity index (χ1n) is 7.11. The maximum absolute atomic E-state index is 5.72. The van der Waals surface area contributed by atoms with Crippen molar-refractivity contribution in [1.82, 2.24) is 14.9 Å². The highest BCUT2D eigenvalue weighted by Gasteiger charge is 2.15. The zero-order chi connectivity index (χ0) is 14.4. The molecule has 1 unspecified atom stereocenters. The largest absolute Gasteiger partial charge is 0.494 e. The fourth-order valence-corrected chi connectivity index (χ4v) is 2.42. The quantitative estimate of drug-likeness (QED) is 0.843. The summed E-state index contributed by atoms with van der Waals surface area (Å²) in [4.78, 5) is 4.38. The average molecular weight is 273 g/mol. The zero-order valence-electron chi connectivity index (χ0n) is 12.5. The smallest absolute Gasteiger partial charge is 0.124 e. The van der Waals surface area contributed by atoms with Crippen LogP contribution in [0.2, 0.25) is 0 Å². The second-order valence-corrected chi connectivity index (χ2v) is 4.81. The number of benzene rings is 1. The maximum Gasteiger partial charge on any atom is 0.124 e. The van der Waals surface area contributed by atoms with Gasteiger partial charge in [-0.25, -0.2) is 4.98 Å². The molecule has 0 aliphatic heterocycles. The van der Waals surface area contributed by atoms with Crippen LogP contribution in [0.1, 0.15) is 30.8 Å². The van der Waals surface area contributed by atoms with Gasteiger partial charge in [0.2, 0.25) is 0 Å². The summed E-state index contributed by atoms with van der Waals surface area (Å²) >= 11 is 0. The fourth-order valence-electron chi connectivity index (χ4n) is 2.42. The van der Waals surface area contributed by atoms with Gasteiger partial charge >= 0.3 is 0 Å². The molecule has 2 rings (SSSR count). The number of hydrogen-bond acceptors (Lipinski definition) is 3. The molecular formula is C16H23N3O. The van der Waals surface area contributed by atoms with E-state index in [0.29, 0.717) is 6.61 Å². The lowest BCUT2D eigenvalue weighted by Crippen LogP contribution is -2.18. The number of rotatable bonds is 7. The molecule has 0 amide bonds. The van der Waals surface area contributed by atoms with E-state index in [-0.39, 0.29) is 6.04 Å². The Balaban J connectivity index is 2.10. The van der Waals surface area contributed by atoms with E-state index in [2.05, 4.69) is 27.0 Å². The van der Waals surface area contributed by atoms with Gasteiger partial charge in [0.1, 0.15) is 11.6 Å². The van der Waals surface area contributed by atoms with Crippen LogP contribution in [0.5, 0.6) is 5.75 Å². The SMILES string of the molecule is CCOc1ccccc1C(CCc1nccn1C)NC. The normalized spacial score (nSPS) is 12.3. The van der Waals surface area contributed by atoms with Crippen LogP contribution >= 0.6 is 0 Å². The summed E-state index contributed by atoms with van der Waals surface area (Å²) in [5.74, 6) is 2.08. The Bertz CT molecular complexity index is 536. The first-order valence-corrected chi connectivity index (χ1v) is 7.11.